The van der Waals surface area contributed by atoms with Crippen molar-refractivity contribution >= 4 is 11.6 Å². The Morgan fingerprint density at radius 3 is 2.90 bits per heavy atom. The Morgan fingerprint density at radius 1 is 1.33 bits per heavy atom. The van der Waals surface area contributed by atoms with Gasteiger partial charge in [0.15, 0.2) is 0 Å². The van der Waals surface area contributed by atoms with Gasteiger partial charge in [-0.25, -0.2) is 0 Å². The molecule has 0 radical (unpaired) electrons. The summed E-state index contributed by atoms with van der Waals surface area (Å²) in [5, 5.41) is 6.22. The number of nitrogens with one attached hydrogen (secondary N) is 2. The molecule has 21 heavy (non-hydrogen) atoms. The van der Waals surface area contributed by atoms with E-state index in [-0.39, 0.29) is 11.9 Å². The number of hydrogen-bond acceptors (Lipinski definition) is 3. The average Bonchev–Trinajstić information content (AvgIpc) is 3.10. The highest BCUT2D eigenvalue weighted by Crippen LogP contribution is 2.34. The van der Waals surface area contributed by atoms with Gasteiger partial charge in [-0.1, -0.05) is 25.8 Å². The Balaban J connectivity index is 1.64. The molecule has 1 aromatic carbocycles. The van der Waals surface area contributed by atoms with E-state index < -0.39 is 0 Å². The van der Waals surface area contributed by atoms with E-state index in [1.54, 1.807) is 0 Å². The zero-order valence-electron chi connectivity index (χ0n) is 12.7. The molecule has 1 aliphatic heterocycles. The van der Waals surface area contributed by atoms with Crippen molar-refractivity contribution in [1.29, 1.82) is 0 Å². The maximum absolute atomic E-state index is 12.0. The van der Waals surface area contributed by atoms with Gasteiger partial charge in [0, 0.05) is 17.3 Å². The van der Waals surface area contributed by atoms with Crippen molar-refractivity contribution in [2.75, 3.05) is 18.5 Å². The minimum absolute atomic E-state index is 0.0337. The molecular weight excluding hydrogens is 264 g/mol. The molecular formula is C17H24N2O2. The second-order valence-corrected chi connectivity index (χ2v) is 6.09. The fourth-order valence-electron chi connectivity index (χ4n) is 3.21. The molecule has 4 nitrogen and oxygen atoms in total. The second-order valence-electron chi connectivity index (χ2n) is 6.09. The molecule has 114 valence electrons. The van der Waals surface area contributed by atoms with Crippen molar-refractivity contribution in [3.05, 3.63) is 23.8 Å². The lowest BCUT2D eigenvalue weighted by Gasteiger charge is -2.13. The lowest BCUT2D eigenvalue weighted by molar-refractivity contribution is -0.117. The molecule has 1 unspecified atom stereocenters. The highest BCUT2D eigenvalue weighted by Gasteiger charge is 2.30. The number of rotatable bonds is 6. The van der Waals surface area contributed by atoms with Crippen LogP contribution in [-0.4, -0.2) is 19.1 Å². The minimum Gasteiger partial charge on any atom is -0.493 e. The van der Waals surface area contributed by atoms with Crippen LogP contribution in [0.3, 0.4) is 0 Å². The van der Waals surface area contributed by atoms with Crippen LogP contribution < -0.4 is 15.4 Å². The number of fused-ring (bicyclic) bond motifs is 1. The number of hydrogen-bond donors (Lipinski definition) is 2. The van der Waals surface area contributed by atoms with Gasteiger partial charge in [-0.2, -0.15) is 0 Å². The topological polar surface area (TPSA) is 50.4 Å². The molecule has 0 aromatic heterocycles. The number of carbonyl (C=O) groups is 1. The molecule has 1 heterocycles. The van der Waals surface area contributed by atoms with Gasteiger partial charge in [0.05, 0.1) is 6.61 Å². The number of anilines is 1. The van der Waals surface area contributed by atoms with E-state index in [4.69, 9.17) is 4.74 Å². The standard InChI is InChI=1S/C17H24N2O2/c1-2-9-18-16-14-8-7-13(10-15(14)19-17(16)20)21-11-12-5-3-4-6-12/h7-8,10,12,16,18H,2-6,9,11H2,1H3,(H,19,20). The summed E-state index contributed by atoms with van der Waals surface area (Å²) in [5.41, 5.74) is 1.92. The quantitative estimate of drug-likeness (QED) is 0.845. The van der Waals surface area contributed by atoms with Gasteiger partial charge >= 0.3 is 0 Å². The van der Waals surface area contributed by atoms with Gasteiger partial charge in [-0.3, -0.25) is 4.79 Å². The number of amides is 1. The first-order valence-corrected chi connectivity index (χ1v) is 8.09. The number of carbonyl (C=O) groups excluding carboxylic acids is 1. The molecule has 1 atom stereocenters. The van der Waals surface area contributed by atoms with Crippen LogP contribution in [0.1, 0.15) is 50.6 Å². The third-order valence-corrected chi connectivity index (χ3v) is 4.41. The molecule has 0 spiro atoms. The van der Waals surface area contributed by atoms with E-state index in [0.29, 0.717) is 5.92 Å². The van der Waals surface area contributed by atoms with Crippen molar-refractivity contribution in [1.82, 2.24) is 5.32 Å². The lowest BCUT2D eigenvalue weighted by atomic mass is 10.1. The Labute approximate surface area is 126 Å². The van der Waals surface area contributed by atoms with Crippen LogP contribution in [0.15, 0.2) is 18.2 Å². The third kappa shape index (κ3) is 3.21. The molecule has 4 heteroatoms. The Bertz CT molecular complexity index is 510. The van der Waals surface area contributed by atoms with E-state index in [2.05, 4.69) is 17.6 Å². The first-order valence-electron chi connectivity index (χ1n) is 8.09. The Hall–Kier alpha value is -1.55. The van der Waals surface area contributed by atoms with E-state index in [0.717, 1.165) is 36.6 Å². The van der Waals surface area contributed by atoms with E-state index in [1.165, 1.54) is 25.7 Å². The molecule has 3 rings (SSSR count). The molecule has 1 amide bonds. The first kappa shape index (κ1) is 14.4. The summed E-state index contributed by atoms with van der Waals surface area (Å²) in [5.74, 6) is 1.59. The van der Waals surface area contributed by atoms with Crippen molar-refractivity contribution in [2.24, 2.45) is 5.92 Å². The summed E-state index contributed by atoms with van der Waals surface area (Å²) >= 11 is 0. The summed E-state index contributed by atoms with van der Waals surface area (Å²) in [6, 6.07) is 5.72. The number of ether oxygens (including phenoxy) is 1. The van der Waals surface area contributed by atoms with Crippen LogP contribution in [0, 0.1) is 5.92 Å². The van der Waals surface area contributed by atoms with E-state index in [9.17, 15) is 4.79 Å². The highest BCUT2D eigenvalue weighted by atomic mass is 16.5. The second kappa shape index (κ2) is 6.48. The predicted octanol–water partition coefficient (Wildman–Crippen LogP) is 3.25. The van der Waals surface area contributed by atoms with Crippen LogP contribution in [0.4, 0.5) is 5.69 Å². The molecule has 1 saturated carbocycles. The maximum atomic E-state index is 12.0. The molecule has 0 saturated heterocycles. The highest BCUT2D eigenvalue weighted by molar-refractivity contribution is 6.02. The maximum Gasteiger partial charge on any atom is 0.246 e. The largest absolute Gasteiger partial charge is 0.493 e. The van der Waals surface area contributed by atoms with Gasteiger partial charge in [-0.05, 0) is 37.8 Å². The number of benzene rings is 1. The minimum atomic E-state index is -0.219. The van der Waals surface area contributed by atoms with Crippen molar-refractivity contribution in [3.8, 4) is 5.75 Å². The summed E-state index contributed by atoms with van der Waals surface area (Å²) in [6.07, 6.45) is 6.25. The molecule has 2 N–H and O–H groups in total. The lowest BCUT2D eigenvalue weighted by Crippen LogP contribution is -2.27. The molecule has 2 aliphatic rings. The predicted molar refractivity (Wildman–Crippen MR) is 83.6 cm³/mol. The Kier molecular flexibility index (Phi) is 4.44. The van der Waals surface area contributed by atoms with Gasteiger partial charge in [0.2, 0.25) is 5.91 Å². The van der Waals surface area contributed by atoms with Crippen LogP contribution >= 0.6 is 0 Å². The molecule has 1 fully saturated rings. The fraction of sp³-hybridized carbons (Fsp3) is 0.588. The third-order valence-electron chi connectivity index (χ3n) is 4.41. The van der Waals surface area contributed by atoms with Crippen molar-refractivity contribution in [2.45, 2.75) is 45.1 Å². The zero-order valence-corrected chi connectivity index (χ0v) is 12.7. The summed E-state index contributed by atoms with van der Waals surface area (Å²) in [6.45, 7) is 3.74. The average molecular weight is 288 g/mol. The smallest absolute Gasteiger partial charge is 0.246 e. The summed E-state index contributed by atoms with van der Waals surface area (Å²) in [7, 11) is 0. The van der Waals surface area contributed by atoms with E-state index in [1.807, 2.05) is 18.2 Å². The molecule has 1 aromatic rings. The van der Waals surface area contributed by atoms with Gasteiger partial charge < -0.3 is 15.4 Å². The molecule has 1 aliphatic carbocycles. The first-order chi connectivity index (χ1) is 10.3. The Morgan fingerprint density at radius 2 is 2.14 bits per heavy atom. The van der Waals surface area contributed by atoms with Crippen molar-refractivity contribution < 1.29 is 9.53 Å². The monoisotopic (exact) mass is 288 g/mol. The van der Waals surface area contributed by atoms with Crippen LogP contribution in [0.25, 0.3) is 0 Å². The van der Waals surface area contributed by atoms with Gasteiger partial charge in [-0.15, -0.1) is 0 Å². The normalized spacial score (nSPS) is 21.4. The van der Waals surface area contributed by atoms with Crippen LogP contribution in [0.2, 0.25) is 0 Å². The van der Waals surface area contributed by atoms with E-state index >= 15 is 0 Å². The fourth-order valence-corrected chi connectivity index (χ4v) is 3.21. The van der Waals surface area contributed by atoms with Crippen molar-refractivity contribution in [3.63, 3.8) is 0 Å². The van der Waals surface area contributed by atoms with Gasteiger partial charge in [0.25, 0.3) is 0 Å². The summed E-state index contributed by atoms with van der Waals surface area (Å²) in [4.78, 5) is 12.0. The van der Waals surface area contributed by atoms with Crippen LogP contribution in [0.5, 0.6) is 5.75 Å². The van der Waals surface area contributed by atoms with Crippen LogP contribution in [-0.2, 0) is 4.79 Å². The zero-order chi connectivity index (χ0) is 14.7. The SMILES string of the molecule is CCCNC1C(=O)Nc2cc(OCC3CCCC3)ccc21. The molecule has 0 bridgehead atoms. The summed E-state index contributed by atoms with van der Waals surface area (Å²) < 4.78 is 5.90. The van der Waals surface area contributed by atoms with Gasteiger partial charge in [0.1, 0.15) is 11.8 Å².